The summed E-state index contributed by atoms with van der Waals surface area (Å²) in [5, 5.41) is 0. The van der Waals surface area contributed by atoms with Crippen LogP contribution in [0.3, 0.4) is 0 Å². The highest BCUT2D eigenvalue weighted by molar-refractivity contribution is 5.97. The van der Waals surface area contributed by atoms with Crippen LogP contribution < -0.4 is 0 Å². The van der Waals surface area contributed by atoms with Gasteiger partial charge in [-0.05, 0) is 61.1 Å². The van der Waals surface area contributed by atoms with Crippen molar-refractivity contribution in [1.29, 1.82) is 0 Å². The van der Waals surface area contributed by atoms with Gasteiger partial charge in [-0.2, -0.15) is 0 Å². The molecule has 5 heteroatoms. The van der Waals surface area contributed by atoms with Crippen LogP contribution in [0.1, 0.15) is 59.8 Å². The summed E-state index contributed by atoms with van der Waals surface area (Å²) in [4.78, 5) is 30.6. The molecule has 0 saturated heterocycles. The molecule has 1 aliphatic rings. The highest BCUT2D eigenvalue weighted by Crippen LogP contribution is 2.28. The smallest absolute Gasteiger partial charge is 0.254 e. The van der Waals surface area contributed by atoms with Gasteiger partial charge in [0.2, 0.25) is 5.91 Å². The normalized spacial score (nSPS) is 13.0. The fourth-order valence-electron chi connectivity index (χ4n) is 4.25. The second-order valence-corrected chi connectivity index (χ2v) is 9.31. The Morgan fingerprint density at radius 1 is 0.912 bits per heavy atom. The Labute approximate surface area is 203 Å². The highest BCUT2D eigenvalue weighted by atomic mass is 16.2. The van der Waals surface area contributed by atoms with E-state index in [2.05, 4.69) is 6.92 Å². The van der Waals surface area contributed by atoms with Crippen molar-refractivity contribution < 1.29 is 9.59 Å². The molecule has 34 heavy (non-hydrogen) atoms. The van der Waals surface area contributed by atoms with Gasteiger partial charge < -0.3 is 14.4 Å². The van der Waals surface area contributed by atoms with Crippen LogP contribution >= 0.6 is 0 Å². The zero-order valence-corrected chi connectivity index (χ0v) is 20.3. The van der Waals surface area contributed by atoms with Gasteiger partial charge in [-0.25, -0.2) is 0 Å². The van der Waals surface area contributed by atoms with Crippen molar-refractivity contribution in [2.24, 2.45) is 7.05 Å². The van der Waals surface area contributed by atoms with Crippen LogP contribution in [0.25, 0.3) is 0 Å². The minimum absolute atomic E-state index is 0.0233. The molecule has 2 amide bonds. The standard InChI is InChI=1S/C29H35N3O2/c1-3-4-9-23-13-15-25(16-14-23)29(34)32(26-17-18-26)22-28(33)31(20-24-10-6-5-7-11-24)21-27-12-8-19-30(27)2/h5-8,10-16,19,26H,3-4,9,17-18,20-22H2,1-2H3. The number of hydrogen-bond acceptors (Lipinski definition) is 2. The minimum Gasteiger partial charge on any atom is -0.353 e. The number of hydrogen-bond donors (Lipinski definition) is 0. The first kappa shape index (κ1) is 23.8. The summed E-state index contributed by atoms with van der Waals surface area (Å²) in [6, 6.07) is 22.1. The third-order valence-corrected chi connectivity index (χ3v) is 6.55. The van der Waals surface area contributed by atoms with Gasteiger partial charge in [-0.15, -0.1) is 0 Å². The quantitative estimate of drug-likeness (QED) is 0.397. The summed E-state index contributed by atoms with van der Waals surface area (Å²) in [6.45, 7) is 3.32. The van der Waals surface area contributed by atoms with Crippen molar-refractivity contribution in [3.8, 4) is 0 Å². The lowest BCUT2D eigenvalue weighted by Crippen LogP contribution is -2.43. The number of amides is 2. The molecule has 0 bridgehead atoms. The first-order valence-corrected chi connectivity index (χ1v) is 12.4. The van der Waals surface area contributed by atoms with Gasteiger partial charge in [-0.3, -0.25) is 9.59 Å². The Morgan fingerprint density at radius 2 is 1.65 bits per heavy atom. The van der Waals surface area contributed by atoms with Gasteiger partial charge in [0.25, 0.3) is 5.91 Å². The Hall–Kier alpha value is -3.34. The monoisotopic (exact) mass is 457 g/mol. The Balaban J connectivity index is 1.49. The van der Waals surface area contributed by atoms with E-state index in [1.807, 2.05) is 89.4 Å². The number of aromatic nitrogens is 1. The van der Waals surface area contributed by atoms with Crippen LogP contribution in [0.5, 0.6) is 0 Å². The summed E-state index contributed by atoms with van der Waals surface area (Å²) in [6.07, 6.45) is 7.25. The maximum absolute atomic E-state index is 13.6. The number of nitrogens with zero attached hydrogens (tertiary/aromatic N) is 3. The van der Waals surface area contributed by atoms with E-state index in [9.17, 15) is 9.59 Å². The molecule has 5 nitrogen and oxygen atoms in total. The van der Waals surface area contributed by atoms with E-state index < -0.39 is 0 Å². The first-order chi connectivity index (χ1) is 16.5. The van der Waals surface area contributed by atoms with Crippen LogP contribution in [-0.4, -0.2) is 38.8 Å². The van der Waals surface area contributed by atoms with Gasteiger partial charge in [-0.1, -0.05) is 55.8 Å². The van der Waals surface area contributed by atoms with Gasteiger partial charge >= 0.3 is 0 Å². The zero-order valence-electron chi connectivity index (χ0n) is 20.3. The van der Waals surface area contributed by atoms with E-state index >= 15 is 0 Å². The minimum atomic E-state index is -0.0450. The number of carbonyl (C=O) groups excluding carboxylic acids is 2. The molecule has 2 aromatic carbocycles. The molecule has 1 aromatic heterocycles. The van der Waals surface area contributed by atoms with Crippen molar-refractivity contribution in [3.05, 3.63) is 95.3 Å². The molecular formula is C29H35N3O2. The Bertz CT molecular complexity index is 1080. The van der Waals surface area contributed by atoms with E-state index in [-0.39, 0.29) is 24.4 Å². The second-order valence-electron chi connectivity index (χ2n) is 9.31. The number of benzene rings is 2. The topological polar surface area (TPSA) is 45.6 Å². The largest absolute Gasteiger partial charge is 0.353 e. The molecule has 1 aliphatic carbocycles. The summed E-state index contributed by atoms with van der Waals surface area (Å²) in [5.41, 5.74) is 4.06. The molecule has 1 saturated carbocycles. The lowest BCUT2D eigenvalue weighted by atomic mass is 10.1. The maximum atomic E-state index is 13.6. The van der Waals surface area contributed by atoms with Gasteiger partial charge in [0, 0.05) is 37.1 Å². The summed E-state index contributed by atoms with van der Waals surface area (Å²) >= 11 is 0. The van der Waals surface area contributed by atoms with E-state index in [1.54, 1.807) is 4.90 Å². The average molecular weight is 458 g/mol. The maximum Gasteiger partial charge on any atom is 0.254 e. The fraction of sp³-hybridized carbons (Fsp3) is 0.379. The number of unbranched alkanes of at least 4 members (excludes halogenated alkanes) is 1. The fourth-order valence-corrected chi connectivity index (χ4v) is 4.25. The summed E-state index contributed by atoms with van der Waals surface area (Å²) in [5.74, 6) is -0.0683. The van der Waals surface area contributed by atoms with Crippen molar-refractivity contribution >= 4 is 11.8 Å². The molecule has 0 aliphatic heterocycles. The van der Waals surface area contributed by atoms with Gasteiger partial charge in [0.1, 0.15) is 6.54 Å². The van der Waals surface area contributed by atoms with Crippen LogP contribution in [-0.2, 0) is 31.4 Å². The number of rotatable bonds is 11. The Kier molecular flexibility index (Phi) is 7.84. The van der Waals surface area contributed by atoms with E-state index in [1.165, 1.54) is 5.56 Å². The van der Waals surface area contributed by atoms with Crippen molar-refractivity contribution in [1.82, 2.24) is 14.4 Å². The third kappa shape index (κ3) is 6.16. The molecule has 0 unspecified atom stereocenters. The van der Waals surface area contributed by atoms with E-state index in [0.717, 1.165) is 43.4 Å². The molecule has 0 atom stereocenters. The third-order valence-electron chi connectivity index (χ3n) is 6.55. The van der Waals surface area contributed by atoms with Crippen LogP contribution in [0, 0.1) is 0 Å². The number of aryl methyl sites for hydroxylation is 2. The molecule has 178 valence electrons. The predicted molar refractivity (Wildman–Crippen MR) is 135 cm³/mol. The van der Waals surface area contributed by atoms with Gasteiger partial charge in [0.05, 0.1) is 6.54 Å². The van der Waals surface area contributed by atoms with Crippen molar-refractivity contribution in [2.45, 2.75) is 58.2 Å². The lowest BCUT2D eigenvalue weighted by molar-refractivity contribution is -0.133. The molecule has 4 rings (SSSR count). The number of carbonyl (C=O) groups is 2. The average Bonchev–Trinajstić information content (AvgIpc) is 3.63. The first-order valence-electron chi connectivity index (χ1n) is 12.4. The summed E-state index contributed by atoms with van der Waals surface area (Å²) in [7, 11) is 1.99. The Morgan fingerprint density at radius 3 is 2.26 bits per heavy atom. The lowest BCUT2D eigenvalue weighted by Gasteiger charge is -2.28. The van der Waals surface area contributed by atoms with Crippen LogP contribution in [0.4, 0.5) is 0 Å². The van der Waals surface area contributed by atoms with Crippen molar-refractivity contribution in [2.75, 3.05) is 6.54 Å². The molecule has 0 N–H and O–H groups in total. The van der Waals surface area contributed by atoms with Gasteiger partial charge in [0.15, 0.2) is 0 Å². The van der Waals surface area contributed by atoms with Crippen LogP contribution in [0.2, 0.25) is 0 Å². The molecule has 1 heterocycles. The molecular weight excluding hydrogens is 422 g/mol. The molecule has 3 aromatic rings. The SMILES string of the molecule is CCCCc1ccc(C(=O)N(CC(=O)N(Cc2ccccc2)Cc2cccn2C)C2CC2)cc1. The molecule has 0 spiro atoms. The van der Waals surface area contributed by atoms with Crippen LogP contribution in [0.15, 0.2) is 72.9 Å². The second kappa shape index (κ2) is 11.2. The highest BCUT2D eigenvalue weighted by Gasteiger charge is 2.35. The summed E-state index contributed by atoms with van der Waals surface area (Å²) < 4.78 is 2.04. The van der Waals surface area contributed by atoms with E-state index in [0.29, 0.717) is 18.7 Å². The predicted octanol–water partition coefficient (Wildman–Crippen LogP) is 5.20. The van der Waals surface area contributed by atoms with Crippen molar-refractivity contribution in [3.63, 3.8) is 0 Å². The van der Waals surface area contributed by atoms with E-state index in [4.69, 9.17) is 0 Å². The zero-order chi connectivity index (χ0) is 23.9. The molecule has 0 radical (unpaired) electrons. The molecule has 1 fully saturated rings.